The summed E-state index contributed by atoms with van der Waals surface area (Å²) in [6.07, 6.45) is 2.41. The molecule has 3 atom stereocenters. The van der Waals surface area contributed by atoms with Crippen LogP contribution >= 0.6 is 0 Å². The van der Waals surface area contributed by atoms with Crippen molar-refractivity contribution in [1.29, 1.82) is 0 Å². The summed E-state index contributed by atoms with van der Waals surface area (Å²) >= 11 is 0. The van der Waals surface area contributed by atoms with E-state index >= 15 is 0 Å². The molecule has 0 aromatic carbocycles. The molecule has 0 radical (unpaired) electrons. The molecule has 0 spiro atoms. The summed E-state index contributed by atoms with van der Waals surface area (Å²) in [4.78, 5) is 0. The second kappa shape index (κ2) is 10.7. The first-order valence-corrected chi connectivity index (χ1v) is 6.25. The van der Waals surface area contributed by atoms with Gasteiger partial charge < -0.3 is 23.7 Å². The molecule has 0 bridgehead atoms. The molecule has 0 aromatic heterocycles. The summed E-state index contributed by atoms with van der Waals surface area (Å²) in [6, 6.07) is 0. The average molecular weight is 264 g/mol. The van der Waals surface area contributed by atoms with Crippen LogP contribution in [0.25, 0.3) is 0 Å². The van der Waals surface area contributed by atoms with Crippen LogP contribution in [0.3, 0.4) is 0 Å². The number of hydrogen-bond acceptors (Lipinski definition) is 5. The van der Waals surface area contributed by atoms with Crippen molar-refractivity contribution >= 4 is 0 Å². The fraction of sp³-hybridized carbons (Fsp3) is 1.00. The molecule has 3 unspecified atom stereocenters. The van der Waals surface area contributed by atoms with E-state index in [1.54, 1.807) is 35.5 Å². The van der Waals surface area contributed by atoms with Gasteiger partial charge in [0.05, 0.1) is 18.3 Å². The van der Waals surface area contributed by atoms with Crippen molar-refractivity contribution in [1.82, 2.24) is 0 Å². The fourth-order valence-electron chi connectivity index (χ4n) is 1.84. The molecule has 0 fully saturated rings. The summed E-state index contributed by atoms with van der Waals surface area (Å²) in [7, 11) is 8.36. The second-order valence-electron chi connectivity index (χ2n) is 4.37. The zero-order valence-corrected chi connectivity index (χ0v) is 12.5. The summed E-state index contributed by atoms with van der Waals surface area (Å²) < 4.78 is 26.5. The van der Waals surface area contributed by atoms with Crippen molar-refractivity contribution in [3.8, 4) is 0 Å². The third kappa shape index (κ3) is 7.28. The third-order valence-electron chi connectivity index (χ3n) is 3.17. The van der Waals surface area contributed by atoms with Crippen molar-refractivity contribution < 1.29 is 23.7 Å². The van der Waals surface area contributed by atoms with E-state index in [1.165, 1.54) is 0 Å². The van der Waals surface area contributed by atoms with Crippen molar-refractivity contribution in [2.45, 2.75) is 50.8 Å². The molecular weight excluding hydrogens is 236 g/mol. The Morgan fingerprint density at radius 1 is 0.611 bits per heavy atom. The van der Waals surface area contributed by atoms with Gasteiger partial charge in [-0.3, -0.25) is 0 Å². The molecule has 5 nitrogen and oxygen atoms in total. The molecule has 0 saturated heterocycles. The Balaban J connectivity index is 4.21. The summed E-state index contributed by atoms with van der Waals surface area (Å²) in [5.41, 5.74) is 0. The standard InChI is InChI=1S/C13H28O5/c1-10(14-2)7-11(15-3)8-12(16-4)9-13(17-5)18-6/h10-13H,7-9H2,1-6H3. The maximum atomic E-state index is 5.46. The maximum Gasteiger partial charge on any atom is 0.159 e. The van der Waals surface area contributed by atoms with Crippen LogP contribution < -0.4 is 0 Å². The summed E-state index contributed by atoms with van der Waals surface area (Å²) in [5.74, 6) is 0. The second-order valence-corrected chi connectivity index (χ2v) is 4.37. The molecule has 0 aromatic rings. The molecule has 0 aliphatic rings. The van der Waals surface area contributed by atoms with Gasteiger partial charge in [0.2, 0.25) is 0 Å². The maximum absolute atomic E-state index is 5.46. The first-order chi connectivity index (χ1) is 8.60. The van der Waals surface area contributed by atoms with Gasteiger partial charge in [-0.1, -0.05) is 0 Å². The smallest absolute Gasteiger partial charge is 0.159 e. The van der Waals surface area contributed by atoms with Crippen LogP contribution in [-0.2, 0) is 23.7 Å². The van der Waals surface area contributed by atoms with Gasteiger partial charge >= 0.3 is 0 Å². The van der Waals surface area contributed by atoms with Gasteiger partial charge in [0.15, 0.2) is 6.29 Å². The Kier molecular flexibility index (Phi) is 10.6. The highest BCUT2D eigenvalue weighted by Gasteiger charge is 2.21. The topological polar surface area (TPSA) is 46.2 Å². The minimum absolute atomic E-state index is 0.0453. The Bertz CT molecular complexity index is 184. The molecule has 0 heterocycles. The third-order valence-corrected chi connectivity index (χ3v) is 3.17. The van der Waals surface area contributed by atoms with Crippen LogP contribution in [0.5, 0.6) is 0 Å². The molecule has 0 aliphatic heterocycles. The lowest BCUT2D eigenvalue weighted by Gasteiger charge is -2.25. The Morgan fingerprint density at radius 2 is 1.11 bits per heavy atom. The normalized spacial score (nSPS) is 16.8. The van der Waals surface area contributed by atoms with E-state index in [1.807, 2.05) is 6.92 Å². The van der Waals surface area contributed by atoms with Crippen LogP contribution in [-0.4, -0.2) is 60.2 Å². The SMILES string of the molecule is COC(C)CC(CC(CC(OC)OC)OC)OC. The molecule has 5 heteroatoms. The van der Waals surface area contributed by atoms with E-state index < -0.39 is 0 Å². The number of hydrogen-bond donors (Lipinski definition) is 0. The monoisotopic (exact) mass is 264 g/mol. The largest absolute Gasteiger partial charge is 0.382 e. The zero-order chi connectivity index (χ0) is 14.0. The van der Waals surface area contributed by atoms with E-state index in [0.717, 1.165) is 12.8 Å². The highest BCUT2D eigenvalue weighted by Crippen LogP contribution is 2.17. The summed E-state index contributed by atoms with van der Waals surface area (Å²) in [5, 5.41) is 0. The lowest BCUT2D eigenvalue weighted by Crippen LogP contribution is -2.29. The predicted octanol–water partition coefficient (Wildman–Crippen LogP) is 1.84. The molecule has 18 heavy (non-hydrogen) atoms. The molecule has 110 valence electrons. The van der Waals surface area contributed by atoms with Gasteiger partial charge in [0.1, 0.15) is 0 Å². The van der Waals surface area contributed by atoms with E-state index in [4.69, 9.17) is 23.7 Å². The predicted molar refractivity (Wildman–Crippen MR) is 69.7 cm³/mol. The van der Waals surface area contributed by atoms with Crippen LogP contribution in [0.1, 0.15) is 26.2 Å². The van der Waals surface area contributed by atoms with Crippen LogP contribution in [0, 0.1) is 0 Å². The first-order valence-electron chi connectivity index (χ1n) is 6.25. The Morgan fingerprint density at radius 3 is 1.50 bits per heavy atom. The van der Waals surface area contributed by atoms with E-state index in [-0.39, 0.29) is 24.6 Å². The van der Waals surface area contributed by atoms with Crippen molar-refractivity contribution in [2.75, 3.05) is 35.5 Å². The quantitative estimate of drug-likeness (QED) is 0.533. The van der Waals surface area contributed by atoms with Gasteiger partial charge in [-0.15, -0.1) is 0 Å². The molecule has 0 rings (SSSR count). The van der Waals surface area contributed by atoms with Crippen molar-refractivity contribution in [2.24, 2.45) is 0 Å². The van der Waals surface area contributed by atoms with E-state index in [9.17, 15) is 0 Å². The highest BCUT2D eigenvalue weighted by atomic mass is 16.7. The number of ether oxygens (including phenoxy) is 5. The minimum Gasteiger partial charge on any atom is -0.382 e. The van der Waals surface area contributed by atoms with Crippen molar-refractivity contribution in [3.63, 3.8) is 0 Å². The fourth-order valence-corrected chi connectivity index (χ4v) is 1.84. The molecule has 0 aliphatic carbocycles. The highest BCUT2D eigenvalue weighted by molar-refractivity contribution is 4.70. The van der Waals surface area contributed by atoms with Gasteiger partial charge in [-0.25, -0.2) is 0 Å². The van der Waals surface area contributed by atoms with Crippen molar-refractivity contribution in [3.05, 3.63) is 0 Å². The van der Waals surface area contributed by atoms with Crippen LogP contribution in [0.2, 0.25) is 0 Å². The molecule has 0 amide bonds. The molecule has 0 N–H and O–H groups in total. The summed E-state index contributed by atoms with van der Waals surface area (Å²) in [6.45, 7) is 2.03. The van der Waals surface area contributed by atoms with Crippen LogP contribution in [0.4, 0.5) is 0 Å². The van der Waals surface area contributed by atoms with E-state index in [2.05, 4.69) is 0 Å². The van der Waals surface area contributed by atoms with Gasteiger partial charge in [-0.2, -0.15) is 0 Å². The number of rotatable bonds is 11. The number of methoxy groups -OCH3 is 5. The van der Waals surface area contributed by atoms with Gasteiger partial charge in [-0.05, 0) is 13.3 Å². The molecule has 0 saturated carbocycles. The first kappa shape index (κ1) is 17.8. The molecular formula is C13H28O5. The zero-order valence-electron chi connectivity index (χ0n) is 12.5. The van der Waals surface area contributed by atoms with E-state index in [0.29, 0.717) is 6.42 Å². The lowest BCUT2D eigenvalue weighted by molar-refractivity contribution is -0.131. The van der Waals surface area contributed by atoms with Gasteiger partial charge in [0.25, 0.3) is 0 Å². The lowest BCUT2D eigenvalue weighted by atomic mass is 10.0. The minimum atomic E-state index is -0.243. The Labute approximate surface area is 111 Å². The van der Waals surface area contributed by atoms with Crippen LogP contribution in [0.15, 0.2) is 0 Å². The average Bonchev–Trinajstić information content (AvgIpc) is 2.41. The Hall–Kier alpha value is -0.200. The van der Waals surface area contributed by atoms with Gasteiger partial charge in [0, 0.05) is 48.4 Å².